The van der Waals surface area contributed by atoms with Gasteiger partial charge >= 0.3 is 0 Å². The zero-order valence-corrected chi connectivity index (χ0v) is 16.5. The summed E-state index contributed by atoms with van der Waals surface area (Å²) in [5.41, 5.74) is 9.71. The van der Waals surface area contributed by atoms with Crippen molar-refractivity contribution in [2.45, 2.75) is 31.1 Å². The topological polar surface area (TPSA) is 92.5 Å². The minimum Gasteiger partial charge on any atom is -0.382 e. The Morgan fingerprint density at radius 1 is 1.00 bits per heavy atom. The number of H-pyrrole nitrogens is 1. The molecule has 0 bridgehead atoms. The number of benzene rings is 2. The molecule has 2 aromatic heterocycles. The lowest BCUT2D eigenvalue weighted by Crippen LogP contribution is -2.31. The molecule has 1 saturated carbocycles. The summed E-state index contributed by atoms with van der Waals surface area (Å²) < 4.78 is 13.4. The Hall–Kier alpha value is -3.48. The molecule has 0 amide bonds. The van der Waals surface area contributed by atoms with Crippen molar-refractivity contribution in [1.82, 2.24) is 20.4 Å². The van der Waals surface area contributed by atoms with E-state index in [1.165, 1.54) is 18.4 Å². The summed E-state index contributed by atoms with van der Waals surface area (Å²) in [7, 11) is 0. The number of anilines is 2. The SMILES string of the molecule is Nc1n[nH]c2ccc(-c3ccc(NCC4(c5ccc(F)cc5)CCCC4)nn3)cc12. The Morgan fingerprint density at radius 3 is 2.53 bits per heavy atom. The van der Waals surface area contributed by atoms with Crippen molar-refractivity contribution in [3.8, 4) is 11.3 Å². The molecule has 2 heterocycles. The molecular formula is C23H23FN6. The Morgan fingerprint density at radius 2 is 1.80 bits per heavy atom. The van der Waals surface area contributed by atoms with Crippen molar-refractivity contribution in [1.29, 1.82) is 0 Å². The molecule has 6 nitrogen and oxygen atoms in total. The molecule has 7 heteroatoms. The van der Waals surface area contributed by atoms with Gasteiger partial charge in [0.15, 0.2) is 5.82 Å². The monoisotopic (exact) mass is 402 g/mol. The lowest BCUT2D eigenvalue weighted by molar-refractivity contribution is 0.465. The van der Waals surface area contributed by atoms with Crippen LogP contribution in [0.1, 0.15) is 31.2 Å². The van der Waals surface area contributed by atoms with Gasteiger partial charge in [-0.25, -0.2) is 4.39 Å². The Bertz CT molecular complexity index is 1160. The predicted molar refractivity (Wildman–Crippen MR) is 117 cm³/mol. The highest BCUT2D eigenvalue weighted by molar-refractivity contribution is 5.91. The van der Waals surface area contributed by atoms with Gasteiger partial charge in [0, 0.05) is 22.9 Å². The lowest BCUT2D eigenvalue weighted by Gasteiger charge is -2.30. The lowest BCUT2D eigenvalue weighted by atomic mass is 9.79. The number of hydrogen-bond acceptors (Lipinski definition) is 5. The molecular weight excluding hydrogens is 379 g/mol. The second-order valence-corrected chi connectivity index (χ2v) is 8.02. The first kappa shape index (κ1) is 18.5. The number of hydrogen-bond donors (Lipinski definition) is 3. The van der Waals surface area contributed by atoms with Crippen molar-refractivity contribution in [3.63, 3.8) is 0 Å². The van der Waals surface area contributed by atoms with Gasteiger partial charge in [-0.15, -0.1) is 10.2 Å². The van der Waals surface area contributed by atoms with E-state index >= 15 is 0 Å². The normalized spacial score (nSPS) is 15.5. The average molecular weight is 402 g/mol. The summed E-state index contributed by atoms with van der Waals surface area (Å²) in [6.45, 7) is 0.754. The van der Waals surface area contributed by atoms with Crippen LogP contribution in [0.4, 0.5) is 16.0 Å². The van der Waals surface area contributed by atoms with Crippen LogP contribution in [0.2, 0.25) is 0 Å². The number of halogens is 1. The number of nitrogens with one attached hydrogen (secondary N) is 2. The van der Waals surface area contributed by atoms with Gasteiger partial charge in [-0.2, -0.15) is 5.10 Å². The van der Waals surface area contributed by atoms with Crippen molar-refractivity contribution < 1.29 is 4.39 Å². The van der Waals surface area contributed by atoms with E-state index in [0.29, 0.717) is 5.82 Å². The summed E-state index contributed by atoms with van der Waals surface area (Å²) in [5.74, 6) is 1.01. The Kier molecular flexibility index (Phi) is 4.58. The van der Waals surface area contributed by atoms with Crippen LogP contribution < -0.4 is 11.1 Å². The van der Waals surface area contributed by atoms with E-state index in [-0.39, 0.29) is 11.2 Å². The molecule has 1 aliphatic carbocycles. The summed E-state index contributed by atoms with van der Waals surface area (Å²) >= 11 is 0. The van der Waals surface area contributed by atoms with E-state index in [2.05, 4.69) is 25.7 Å². The molecule has 2 aromatic carbocycles. The molecule has 0 spiro atoms. The summed E-state index contributed by atoms with van der Waals surface area (Å²) in [6.07, 6.45) is 4.54. The molecule has 0 saturated heterocycles. The smallest absolute Gasteiger partial charge is 0.153 e. The van der Waals surface area contributed by atoms with E-state index in [1.54, 1.807) is 12.1 Å². The van der Waals surface area contributed by atoms with Crippen LogP contribution in [0, 0.1) is 5.82 Å². The van der Waals surface area contributed by atoms with Gasteiger partial charge in [0.2, 0.25) is 0 Å². The molecule has 0 atom stereocenters. The number of nitrogen functional groups attached to an aromatic ring is 1. The number of rotatable bonds is 5. The molecule has 0 radical (unpaired) electrons. The number of nitrogens with two attached hydrogens (primary N) is 1. The molecule has 0 unspecified atom stereocenters. The largest absolute Gasteiger partial charge is 0.382 e. The fourth-order valence-electron chi connectivity index (χ4n) is 4.46. The van der Waals surface area contributed by atoms with Crippen LogP contribution in [0.3, 0.4) is 0 Å². The van der Waals surface area contributed by atoms with E-state index in [4.69, 9.17) is 5.73 Å². The highest BCUT2D eigenvalue weighted by Gasteiger charge is 2.35. The van der Waals surface area contributed by atoms with Crippen molar-refractivity contribution >= 4 is 22.5 Å². The molecule has 4 N–H and O–H groups in total. The molecule has 152 valence electrons. The van der Waals surface area contributed by atoms with Gasteiger partial charge in [0.05, 0.1) is 11.2 Å². The van der Waals surface area contributed by atoms with Crippen molar-refractivity contribution in [2.24, 2.45) is 0 Å². The number of nitrogens with zero attached hydrogens (tertiary/aromatic N) is 3. The maximum atomic E-state index is 13.4. The van der Waals surface area contributed by atoms with E-state index < -0.39 is 0 Å². The third-order valence-corrected chi connectivity index (χ3v) is 6.18. The third kappa shape index (κ3) is 3.36. The van der Waals surface area contributed by atoms with E-state index in [0.717, 1.165) is 47.4 Å². The fourth-order valence-corrected chi connectivity index (χ4v) is 4.46. The van der Waals surface area contributed by atoms with Gasteiger partial charge in [0.1, 0.15) is 11.6 Å². The number of aromatic amines is 1. The van der Waals surface area contributed by atoms with Gasteiger partial charge in [0.25, 0.3) is 0 Å². The number of fused-ring (bicyclic) bond motifs is 1. The third-order valence-electron chi connectivity index (χ3n) is 6.18. The van der Waals surface area contributed by atoms with Crippen LogP contribution in [0.15, 0.2) is 54.6 Å². The first-order valence-electron chi connectivity index (χ1n) is 10.2. The maximum Gasteiger partial charge on any atom is 0.153 e. The van der Waals surface area contributed by atoms with Crippen molar-refractivity contribution in [3.05, 3.63) is 66.0 Å². The van der Waals surface area contributed by atoms with Crippen LogP contribution in [-0.4, -0.2) is 26.9 Å². The quantitative estimate of drug-likeness (QED) is 0.451. The highest BCUT2D eigenvalue weighted by Crippen LogP contribution is 2.41. The van der Waals surface area contributed by atoms with E-state index in [9.17, 15) is 4.39 Å². The van der Waals surface area contributed by atoms with Gasteiger partial charge in [-0.1, -0.05) is 31.0 Å². The van der Waals surface area contributed by atoms with Gasteiger partial charge in [-0.3, -0.25) is 5.10 Å². The minimum atomic E-state index is -0.198. The second-order valence-electron chi connectivity index (χ2n) is 8.02. The molecule has 5 rings (SSSR count). The summed E-state index contributed by atoms with van der Waals surface area (Å²) in [4.78, 5) is 0. The maximum absolute atomic E-state index is 13.4. The first-order chi connectivity index (χ1) is 14.6. The zero-order chi connectivity index (χ0) is 20.6. The minimum absolute atomic E-state index is 0.0118. The highest BCUT2D eigenvalue weighted by atomic mass is 19.1. The molecule has 4 aromatic rings. The van der Waals surface area contributed by atoms with Gasteiger partial charge in [-0.05, 0) is 54.8 Å². The van der Waals surface area contributed by atoms with Crippen LogP contribution in [0.25, 0.3) is 22.2 Å². The van der Waals surface area contributed by atoms with Gasteiger partial charge < -0.3 is 11.1 Å². The second kappa shape index (κ2) is 7.40. The van der Waals surface area contributed by atoms with Crippen LogP contribution in [-0.2, 0) is 5.41 Å². The standard InChI is InChI=1S/C23H23FN6/c24-17-6-4-16(5-7-17)23(11-1-2-12-23)14-26-21-10-9-19(27-29-21)15-3-8-20-18(13-15)22(25)30-28-20/h3-10,13H,1-2,11-12,14H2,(H,26,29)(H3,25,28,30). The molecule has 0 aliphatic heterocycles. The Balaban J connectivity index is 1.34. The molecule has 30 heavy (non-hydrogen) atoms. The predicted octanol–water partition coefficient (Wildman–Crippen LogP) is 4.67. The summed E-state index contributed by atoms with van der Waals surface area (Å²) in [6, 6.07) is 16.7. The van der Waals surface area contributed by atoms with Crippen molar-refractivity contribution in [2.75, 3.05) is 17.6 Å². The molecule has 1 fully saturated rings. The summed E-state index contributed by atoms with van der Waals surface area (Å²) in [5, 5.41) is 20.0. The first-order valence-corrected chi connectivity index (χ1v) is 10.2. The van der Waals surface area contributed by atoms with E-state index in [1.807, 2.05) is 42.5 Å². The average Bonchev–Trinajstić information content (AvgIpc) is 3.41. The van der Waals surface area contributed by atoms with Crippen LogP contribution >= 0.6 is 0 Å². The zero-order valence-electron chi connectivity index (χ0n) is 16.5. The number of aromatic nitrogens is 4. The fraction of sp³-hybridized carbons (Fsp3) is 0.261. The molecule has 1 aliphatic rings. The van der Waals surface area contributed by atoms with Crippen LogP contribution in [0.5, 0.6) is 0 Å². The Labute approximate surface area is 173 Å².